The molecule has 117 valence electrons. The van der Waals surface area contributed by atoms with Crippen molar-refractivity contribution in [2.45, 2.75) is 25.8 Å². The minimum absolute atomic E-state index is 0.00633. The summed E-state index contributed by atoms with van der Waals surface area (Å²) in [6, 6.07) is 6.15. The highest BCUT2D eigenvalue weighted by Crippen LogP contribution is 2.43. The third kappa shape index (κ3) is 2.35. The second kappa shape index (κ2) is 5.66. The van der Waals surface area contributed by atoms with E-state index in [-0.39, 0.29) is 17.9 Å². The second-order valence-corrected chi connectivity index (χ2v) is 6.18. The smallest absolute Gasteiger partial charge is 0.239 e. The molecule has 23 heavy (non-hydrogen) atoms. The van der Waals surface area contributed by atoms with E-state index in [2.05, 4.69) is 25.0 Å². The van der Waals surface area contributed by atoms with E-state index in [1.807, 2.05) is 18.9 Å². The molecule has 4 heteroatoms. The van der Waals surface area contributed by atoms with Gasteiger partial charge in [-0.2, -0.15) is 5.10 Å². The number of methoxy groups -OCH3 is 1. The maximum Gasteiger partial charge on any atom is 0.239 e. The highest BCUT2D eigenvalue weighted by molar-refractivity contribution is 6.07. The van der Waals surface area contributed by atoms with Crippen LogP contribution in [0.3, 0.4) is 0 Å². The molecule has 1 fully saturated rings. The Balaban J connectivity index is 1.73. The normalized spacial score (nSPS) is 26.7. The first kappa shape index (κ1) is 14.7. The van der Waals surface area contributed by atoms with Crippen LogP contribution in [0.5, 0.6) is 5.75 Å². The summed E-state index contributed by atoms with van der Waals surface area (Å²) in [4.78, 5) is 12.1. The number of nitrogens with zero attached hydrogens (tertiary/aromatic N) is 2. The minimum atomic E-state index is -0.00633. The van der Waals surface area contributed by atoms with Crippen LogP contribution in [0.1, 0.15) is 24.5 Å². The molecule has 0 saturated heterocycles. The second-order valence-electron chi connectivity index (χ2n) is 6.18. The molecule has 1 heterocycles. The first-order valence-electron chi connectivity index (χ1n) is 7.96. The van der Waals surface area contributed by atoms with Crippen molar-refractivity contribution < 1.29 is 9.53 Å². The van der Waals surface area contributed by atoms with Crippen LogP contribution < -0.4 is 4.74 Å². The fourth-order valence-corrected chi connectivity index (χ4v) is 3.81. The molecule has 0 bridgehead atoms. The van der Waals surface area contributed by atoms with Crippen LogP contribution >= 0.6 is 0 Å². The zero-order valence-corrected chi connectivity index (χ0v) is 13.3. The first-order valence-corrected chi connectivity index (χ1v) is 7.96. The van der Waals surface area contributed by atoms with E-state index in [4.69, 9.17) is 9.84 Å². The van der Waals surface area contributed by atoms with Crippen molar-refractivity contribution in [3.05, 3.63) is 60.9 Å². The van der Waals surface area contributed by atoms with Gasteiger partial charge in [0.1, 0.15) is 5.75 Å². The first-order chi connectivity index (χ1) is 11.2. The van der Waals surface area contributed by atoms with E-state index in [0.29, 0.717) is 0 Å². The van der Waals surface area contributed by atoms with Crippen molar-refractivity contribution in [3.63, 3.8) is 0 Å². The zero-order chi connectivity index (χ0) is 16.0. The largest absolute Gasteiger partial charge is 0.497 e. The van der Waals surface area contributed by atoms with E-state index in [0.717, 1.165) is 29.9 Å². The molecule has 0 spiro atoms. The van der Waals surface area contributed by atoms with Gasteiger partial charge in [-0.1, -0.05) is 0 Å². The Bertz CT molecular complexity index is 661. The Kier molecular flexibility index (Phi) is 3.63. The molecular formula is C19H19N2O2. The van der Waals surface area contributed by atoms with E-state index in [9.17, 15) is 4.79 Å². The monoisotopic (exact) mass is 307 g/mol. The molecule has 4 rings (SSSR count). The number of carbonyl (C=O) groups excluding carboxylic acids is 1. The number of ether oxygens (including phenoxy) is 1. The summed E-state index contributed by atoms with van der Waals surface area (Å²) in [6.45, 7) is 1.59. The van der Waals surface area contributed by atoms with Gasteiger partial charge < -0.3 is 4.74 Å². The van der Waals surface area contributed by atoms with Crippen LogP contribution in [0, 0.1) is 37.5 Å². The SMILES string of the molecule is COc1ccc2c(c1)CC[C@@H]1C2=NN(C(C)=O)[C@@H]1[C]1[CH][CH][CH][CH]1. The summed E-state index contributed by atoms with van der Waals surface area (Å²) in [5.41, 5.74) is 3.45. The summed E-state index contributed by atoms with van der Waals surface area (Å²) >= 11 is 0. The van der Waals surface area contributed by atoms with Gasteiger partial charge in [-0.05, 0) is 62.3 Å². The molecule has 1 aromatic rings. The highest BCUT2D eigenvalue weighted by atomic mass is 16.5. The number of rotatable bonds is 2. The molecule has 1 aromatic carbocycles. The third-order valence-corrected chi connectivity index (χ3v) is 4.88. The maximum atomic E-state index is 12.1. The Labute approximate surface area is 137 Å². The van der Waals surface area contributed by atoms with Gasteiger partial charge in [0, 0.05) is 24.3 Å². The van der Waals surface area contributed by atoms with Gasteiger partial charge in [0.2, 0.25) is 5.91 Å². The van der Waals surface area contributed by atoms with Gasteiger partial charge in [0.15, 0.2) is 0 Å². The van der Waals surface area contributed by atoms with E-state index in [1.54, 1.807) is 19.0 Å². The lowest BCUT2D eigenvalue weighted by molar-refractivity contribution is -0.130. The van der Waals surface area contributed by atoms with Crippen LogP contribution in [0.25, 0.3) is 0 Å². The average Bonchev–Trinajstić information content (AvgIpc) is 3.20. The van der Waals surface area contributed by atoms with Crippen LogP contribution in [-0.2, 0) is 11.2 Å². The van der Waals surface area contributed by atoms with Gasteiger partial charge in [-0.25, -0.2) is 5.01 Å². The molecule has 0 N–H and O–H groups in total. The van der Waals surface area contributed by atoms with Crippen molar-refractivity contribution >= 4 is 11.6 Å². The quantitative estimate of drug-likeness (QED) is 0.843. The number of hydrazone groups is 1. The summed E-state index contributed by atoms with van der Waals surface area (Å²) in [7, 11) is 1.68. The van der Waals surface area contributed by atoms with Gasteiger partial charge in [-0.3, -0.25) is 4.79 Å². The van der Waals surface area contributed by atoms with E-state index in [1.165, 1.54) is 11.5 Å². The topological polar surface area (TPSA) is 41.9 Å². The van der Waals surface area contributed by atoms with Gasteiger partial charge in [0.25, 0.3) is 0 Å². The van der Waals surface area contributed by atoms with Crippen LogP contribution in [0.15, 0.2) is 23.3 Å². The Morgan fingerprint density at radius 1 is 1.30 bits per heavy atom. The molecule has 2 atom stereocenters. The molecular weight excluding hydrogens is 288 g/mol. The van der Waals surface area contributed by atoms with Gasteiger partial charge in [0.05, 0.1) is 18.9 Å². The van der Waals surface area contributed by atoms with E-state index >= 15 is 0 Å². The lowest BCUT2D eigenvalue weighted by Crippen LogP contribution is -2.41. The molecule has 0 aromatic heterocycles. The fraction of sp³-hybridized carbons (Fsp3) is 0.316. The molecule has 4 nitrogen and oxygen atoms in total. The molecule has 5 radical (unpaired) electrons. The van der Waals surface area contributed by atoms with Crippen molar-refractivity contribution in [2.75, 3.05) is 7.11 Å². The van der Waals surface area contributed by atoms with Crippen molar-refractivity contribution in [3.8, 4) is 5.75 Å². The molecule has 1 amide bonds. The number of aryl methyl sites for hydroxylation is 1. The Hall–Kier alpha value is -1.84. The van der Waals surface area contributed by atoms with Crippen molar-refractivity contribution in [1.29, 1.82) is 0 Å². The summed E-state index contributed by atoms with van der Waals surface area (Å²) in [6.07, 6.45) is 10.2. The molecule has 2 aliphatic carbocycles. The zero-order valence-electron chi connectivity index (χ0n) is 13.3. The Morgan fingerprint density at radius 2 is 2.09 bits per heavy atom. The number of fused-ring (bicyclic) bond motifs is 3. The summed E-state index contributed by atoms with van der Waals surface area (Å²) in [5.74, 6) is 2.30. The minimum Gasteiger partial charge on any atom is -0.497 e. The summed E-state index contributed by atoms with van der Waals surface area (Å²) < 4.78 is 5.33. The van der Waals surface area contributed by atoms with Crippen molar-refractivity contribution in [1.82, 2.24) is 5.01 Å². The van der Waals surface area contributed by atoms with E-state index < -0.39 is 0 Å². The number of hydrogen-bond acceptors (Lipinski definition) is 3. The third-order valence-electron chi connectivity index (χ3n) is 4.88. The molecule has 3 aliphatic rings. The number of amides is 1. The molecule has 1 aliphatic heterocycles. The lowest BCUT2D eigenvalue weighted by atomic mass is 9.75. The lowest BCUT2D eigenvalue weighted by Gasteiger charge is -2.32. The van der Waals surface area contributed by atoms with Crippen LogP contribution in [0.4, 0.5) is 0 Å². The predicted molar refractivity (Wildman–Crippen MR) is 88.1 cm³/mol. The fourth-order valence-electron chi connectivity index (χ4n) is 3.81. The number of carbonyl (C=O) groups is 1. The summed E-state index contributed by atoms with van der Waals surface area (Å²) in [5, 5.41) is 6.36. The predicted octanol–water partition coefficient (Wildman–Crippen LogP) is 2.60. The maximum absolute atomic E-state index is 12.1. The highest BCUT2D eigenvalue weighted by Gasteiger charge is 2.46. The Morgan fingerprint density at radius 3 is 2.78 bits per heavy atom. The van der Waals surface area contributed by atoms with Crippen LogP contribution in [0.2, 0.25) is 0 Å². The molecule has 0 unspecified atom stereocenters. The van der Waals surface area contributed by atoms with Gasteiger partial charge in [-0.15, -0.1) is 0 Å². The molecule has 1 saturated carbocycles. The standard InChI is InChI=1S/C19H19N2O2/c1-12(22)21-19(13-5-3-4-6-13)17-9-7-14-11-15(23-2)8-10-16(14)18(17)20-21/h3-6,8,10-11,17,19H,7,9H2,1-2H3/t17-,19-/m1/s1. The van der Waals surface area contributed by atoms with Gasteiger partial charge >= 0.3 is 0 Å². The van der Waals surface area contributed by atoms with Crippen LogP contribution in [-0.4, -0.2) is 29.8 Å². The average molecular weight is 307 g/mol. The van der Waals surface area contributed by atoms with Crippen molar-refractivity contribution in [2.24, 2.45) is 11.0 Å². The number of benzene rings is 1. The number of hydrogen-bond donors (Lipinski definition) is 0.